The van der Waals surface area contributed by atoms with Gasteiger partial charge in [0, 0.05) is 6.42 Å². The van der Waals surface area contributed by atoms with Gasteiger partial charge in [-0.1, -0.05) is 20.3 Å². The normalized spacial score (nSPS) is 8.00. The van der Waals surface area contributed by atoms with E-state index in [0.717, 1.165) is 25.8 Å². The fraction of sp³-hybridized carbons (Fsp3) is 0.875. The van der Waals surface area contributed by atoms with Crippen LogP contribution in [-0.2, 0) is 4.79 Å². The monoisotopic (exact) mass is 145 g/mol. The molecule has 0 bridgehead atoms. The molecule has 0 rings (SSSR count). The molecule has 0 saturated heterocycles. The zero-order chi connectivity index (χ0) is 8.41. The van der Waals surface area contributed by atoms with Crippen LogP contribution in [-0.4, -0.2) is 12.3 Å². The van der Waals surface area contributed by atoms with Crippen molar-refractivity contribution in [3.05, 3.63) is 0 Å². The standard InChI is InChI=1S/C6H12O.C2H7N/c1-3-4-5-6(2)7;1-2-3/h3-5H2,1-2H3;2-3H2,1H3. The average molecular weight is 145 g/mol. The van der Waals surface area contributed by atoms with Gasteiger partial charge in [0.05, 0.1) is 0 Å². The zero-order valence-electron chi connectivity index (χ0n) is 7.31. The van der Waals surface area contributed by atoms with Crippen molar-refractivity contribution in [3.63, 3.8) is 0 Å². The van der Waals surface area contributed by atoms with E-state index < -0.39 is 0 Å². The molecule has 0 amide bonds. The largest absolute Gasteiger partial charge is 0.331 e. The predicted molar refractivity (Wildman–Crippen MR) is 44.9 cm³/mol. The van der Waals surface area contributed by atoms with E-state index in [-0.39, 0.29) is 0 Å². The molecule has 0 aliphatic carbocycles. The van der Waals surface area contributed by atoms with Gasteiger partial charge in [0.1, 0.15) is 5.78 Å². The van der Waals surface area contributed by atoms with Gasteiger partial charge in [-0.05, 0) is 19.9 Å². The lowest BCUT2D eigenvalue weighted by molar-refractivity contribution is -0.117. The van der Waals surface area contributed by atoms with Crippen molar-refractivity contribution in [2.24, 2.45) is 5.73 Å². The molecule has 0 aliphatic heterocycles. The van der Waals surface area contributed by atoms with Crippen LogP contribution in [0.1, 0.15) is 40.0 Å². The minimum atomic E-state index is 0.307. The lowest BCUT2D eigenvalue weighted by atomic mass is 10.2. The van der Waals surface area contributed by atoms with E-state index in [1.165, 1.54) is 0 Å². The summed E-state index contributed by atoms with van der Waals surface area (Å²) >= 11 is 0. The molecule has 0 fully saturated rings. The topological polar surface area (TPSA) is 43.1 Å². The first-order valence-corrected chi connectivity index (χ1v) is 3.88. The van der Waals surface area contributed by atoms with E-state index in [0.29, 0.717) is 5.78 Å². The number of unbranched alkanes of at least 4 members (excludes halogenated alkanes) is 1. The molecule has 2 nitrogen and oxygen atoms in total. The molecule has 62 valence electrons. The SMILES string of the molecule is CCCCC(C)=O.CCN. The van der Waals surface area contributed by atoms with Gasteiger partial charge in [-0.25, -0.2) is 0 Å². The number of ketones is 1. The van der Waals surface area contributed by atoms with Gasteiger partial charge in [-0.2, -0.15) is 0 Å². The Morgan fingerprint density at radius 3 is 1.90 bits per heavy atom. The molecule has 0 aromatic rings. The second-order valence-electron chi connectivity index (χ2n) is 2.21. The Kier molecular flexibility index (Phi) is 14.1. The van der Waals surface area contributed by atoms with Crippen molar-refractivity contribution in [2.75, 3.05) is 6.54 Å². The summed E-state index contributed by atoms with van der Waals surface area (Å²) in [5, 5.41) is 0. The summed E-state index contributed by atoms with van der Waals surface area (Å²) in [4.78, 5) is 10.2. The summed E-state index contributed by atoms with van der Waals surface area (Å²) in [6.07, 6.45) is 2.94. The molecule has 10 heavy (non-hydrogen) atoms. The molecule has 0 saturated carbocycles. The molecular formula is C8H19NO. The Balaban J connectivity index is 0. The van der Waals surface area contributed by atoms with Crippen molar-refractivity contribution in [2.45, 2.75) is 40.0 Å². The summed E-state index contributed by atoms with van der Waals surface area (Å²) in [6.45, 7) is 6.37. The molecule has 0 radical (unpaired) electrons. The summed E-state index contributed by atoms with van der Waals surface area (Å²) < 4.78 is 0. The van der Waals surface area contributed by atoms with Gasteiger partial charge in [0.25, 0.3) is 0 Å². The summed E-state index contributed by atoms with van der Waals surface area (Å²) in [5.41, 5.74) is 4.85. The first-order valence-electron chi connectivity index (χ1n) is 3.88. The van der Waals surface area contributed by atoms with Gasteiger partial charge in [-0.15, -0.1) is 0 Å². The molecule has 0 heterocycles. The van der Waals surface area contributed by atoms with E-state index >= 15 is 0 Å². The van der Waals surface area contributed by atoms with Gasteiger partial charge in [0.2, 0.25) is 0 Å². The Labute approximate surface area is 63.8 Å². The lowest BCUT2D eigenvalue weighted by Crippen LogP contribution is -1.87. The molecule has 0 atom stereocenters. The summed E-state index contributed by atoms with van der Waals surface area (Å²) in [5.74, 6) is 0.307. The van der Waals surface area contributed by atoms with E-state index in [4.69, 9.17) is 5.73 Å². The van der Waals surface area contributed by atoms with Crippen LogP contribution in [0, 0.1) is 0 Å². The number of nitrogens with two attached hydrogens (primary N) is 1. The maximum Gasteiger partial charge on any atom is 0.129 e. The Morgan fingerprint density at radius 1 is 1.40 bits per heavy atom. The van der Waals surface area contributed by atoms with E-state index in [1.54, 1.807) is 6.92 Å². The minimum absolute atomic E-state index is 0.307. The van der Waals surface area contributed by atoms with Crippen molar-refractivity contribution in [1.82, 2.24) is 0 Å². The van der Waals surface area contributed by atoms with Crippen LogP contribution in [0.4, 0.5) is 0 Å². The summed E-state index contributed by atoms with van der Waals surface area (Å²) in [6, 6.07) is 0. The van der Waals surface area contributed by atoms with Gasteiger partial charge >= 0.3 is 0 Å². The van der Waals surface area contributed by atoms with Crippen molar-refractivity contribution in [3.8, 4) is 0 Å². The average Bonchev–Trinajstić information content (AvgIpc) is 1.85. The predicted octanol–water partition coefficient (Wildman–Crippen LogP) is 1.73. The van der Waals surface area contributed by atoms with E-state index in [2.05, 4.69) is 6.92 Å². The minimum Gasteiger partial charge on any atom is -0.331 e. The van der Waals surface area contributed by atoms with Crippen LogP contribution in [0.15, 0.2) is 0 Å². The third kappa shape index (κ3) is 25.5. The maximum absolute atomic E-state index is 10.2. The molecule has 0 spiro atoms. The first kappa shape index (κ1) is 12.3. The molecule has 0 unspecified atom stereocenters. The Morgan fingerprint density at radius 2 is 1.80 bits per heavy atom. The number of carbonyl (C=O) groups is 1. The number of carbonyl (C=O) groups excluding carboxylic acids is 1. The quantitative estimate of drug-likeness (QED) is 0.657. The maximum atomic E-state index is 10.2. The van der Waals surface area contributed by atoms with Crippen molar-refractivity contribution >= 4 is 5.78 Å². The third-order valence-corrected chi connectivity index (χ3v) is 0.882. The zero-order valence-corrected chi connectivity index (χ0v) is 7.31. The summed E-state index contributed by atoms with van der Waals surface area (Å²) in [7, 11) is 0. The number of hydrogen-bond donors (Lipinski definition) is 1. The highest BCUT2D eigenvalue weighted by atomic mass is 16.1. The lowest BCUT2D eigenvalue weighted by Gasteiger charge is -1.86. The van der Waals surface area contributed by atoms with Crippen molar-refractivity contribution < 1.29 is 4.79 Å². The Hall–Kier alpha value is -0.370. The number of hydrogen-bond acceptors (Lipinski definition) is 2. The van der Waals surface area contributed by atoms with Crippen LogP contribution >= 0.6 is 0 Å². The highest BCUT2D eigenvalue weighted by Crippen LogP contribution is 1.92. The Bertz CT molecular complexity index is 71.7. The number of rotatable bonds is 3. The second kappa shape index (κ2) is 11.4. The van der Waals surface area contributed by atoms with Crippen LogP contribution in [0.25, 0.3) is 0 Å². The second-order valence-corrected chi connectivity index (χ2v) is 2.21. The molecular weight excluding hydrogens is 126 g/mol. The smallest absolute Gasteiger partial charge is 0.129 e. The molecule has 0 aliphatic rings. The van der Waals surface area contributed by atoms with Crippen LogP contribution < -0.4 is 5.73 Å². The van der Waals surface area contributed by atoms with Gasteiger partial charge in [-0.3, -0.25) is 0 Å². The third-order valence-electron chi connectivity index (χ3n) is 0.882. The van der Waals surface area contributed by atoms with Gasteiger partial charge in [0.15, 0.2) is 0 Å². The van der Waals surface area contributed by atoms with Gasteiger partial charge < -0.3 is 10.5 Å². The number of Topliss-reactive ketones (excluding diaryl/α,β-unsaturated/α-hetero) is 1. The fourth-order valence-corrected chi connectivity index (χ4v) is 0.426. The molecule has 0 aromatic carbocycles. The van der Waals surface area contributed by atoms with Crippen molar-refractivity contribution in [1.29, 1.82) is 0 Å². The van der Waals surface area contributed by atoms with Crippen LogP contribution in [0.3, 0.4) is 0 Å². The molecule has 2 N–H and O–H groups in total. The van der Waals surface area contributed by atoms with Crippen LogP contribution in [0.5, 0.6) is 0 Å². The first-order chi connectivity index (χ1) is 4.68. The van der Waals surface area contributed by atoms with Crippen LogP contribution in [0.2, 0.25) is 0 Å². The molecule has 2 heteroatoms. The highest BCUT2D eigenvalue weighted by Gasteiger charge is 1.87. The van der Waals surface area contributed by atoms with E-state index in [9.17, 15) is 4.79 Å². The fourth-order valence-electron chi connectivity index (χ4n) is 0.426. The van der Waals surface area contributed by atoms with E-state index in [1.807, 2.05) is 6.92 Å². The highest BCUT2D eigenvalue weighted by molar-refractivity contribution is 5.75. The molecule has 0 aromatic heterocycles.